The fraction of sp³-hybridized carbons (Fsp3) is 0.500. The molecule has 1 amide bonds. The maximum absolute atomic E-state index is 12.6. The zero-order valence-electron chi connectivity index (χ0n) is 11.5. The summed E-state index contributed by atoms with van der Waals surface area (Å²) in [6.45, 7) is 2.39. The van der Waals surface area contributed by atoms with Crippen LogP contribution < -0.4 is 0 Å². The summed E-state index contributed by atoms with van der Waals surface area (Å²) < 4.78 is 5.47. The molecule has 0 unspecified atom stereocenters. The summed E-state index contributed by atoms with van der Waals surface area (Å²) in [5.74, 6) is 0.198. The van der Waals surface area contributed by atoms with Gasteiger partial charge in [-0.1, -0.05) is 0 Å². The predicted octanol–water partition coefficient (Wildman–Crippen LogP) is 0.0388. The van der Waals surface area contributed by atoms with Crippen molar-refractivity contribution in [3.05, 3.63) is 23.8 Å². The molecule has 0 aliphatic carbocycles. The highest BCUT2D eigenvalue weighted by molar-refractivity contribution is 5.97. The third-order valence-electron chi connectivity index (χ3n) is 4.69. The summed E-state index contributed by atoms with van der Waals surface area (Å²) in [6, 6.07) is 5.30. The van der Waals surface area contributed by atoms with Crippen molar-refractivity contribution in [1.29, 1.82) is 0 Å². The molecule has 4 rings (SSSR count). The number of fused-ring (bicyclic) bond motifs is 2. The molecule has 1 aromatic heterocycles. The zero-order chi connectivity index (χ0) is 14.4. The molecule has 0 saturated carbocycles. The Kier molecular flexibility index (Phi) is 2.73. The van der Waals surface area contributed by atoms with Crippen LogP contribution in [0, 0.1) is 11.3 Å². The molecule has 2 atom stereocenters. The van der Waals surface area contributed by atoms with Gasteiger partial charge in [-0.2, -0.15) is 15.4 Å². The molecule has 2 aliphatic rings. The van der Waals surface area contributed by atoms with Gasteiger partial charge < -0.3 is 14.7 Å². The number of aromatic nitrogens is 3. The van der Waals surface area contributed by atoms with Crippen molar-refractivity contribution in [2.75, 3.05) is 32.9 Å². The molecule has 7 nitrogen and oxygen atoms in total. The molecule has 3 heterocycles. The first kappa shape index (κ1) is 12.7. The molecule has 2 aliphatic heterocycles. The number of rotatable bonds is 2. The first-order valence-corrected chi connectivity index (χ1v) is 7.00. The Morgan fingerprint density at radius 3 is 3.14 bits per heavy atom. The van der Waals surface area contributed by atoms with Crippen LogP contribution in [-0.4, -0.2) is 64.2 Å². The number of nitrogens with zero attached hydrogens (tertiary/aromatic N) is 3. The summed E-state index contributed by atoms with van der Waals surface area (Å²) in [5.41, 5.74) is 1.74. The van der Waals surface area contributed by atoms with Gasteiger partial charge in [-0.15, -0.1) is 0 Å². The topological polar surface area (TPSA) is 91.3 Å². The standard InChI is InChI=1S/C14H16N4O3/c19-7-14-6-18(4-10(14)5-21-8-14)13(20)9-1-2-11-12(3-9)16-17-15-11/h1-3,10,19H,4-8H2,(H,15,16,17)/t10-,14-/m0/s1. The molecule has 110 valence electrons. The fourth-order valence-corrected chi connectivity index (χ4v) is 3.37. The van der Waals surface area contributed by atoms with E-state index < -0.39 is 0 Å². The molecule has 0 radical (unpaired) electrons. The van der Waals surface area contributed by atoms with E-state index in [-0.39, 0.29) is 23.8 Å². The van der Waals surface area contributed by atoms with E-state index >= 15 is 0 Å². The number of aliphatic hydroxyl groups is 1. The summed E-state index contributed by atoms with van der Waals surface area (Å²) in [7, 11) is 0. The average Bonchev–Trinajstić information content (AvgIpc) is 3.18. The quantitative estimate of drug-likeness (QED) is 0.814. The van der Waals surface area contributed by atoms with Crippen LogP contribution >= 0.6 is 0 Å². The van der Waals surface area contributed by atoms with Gasteiger partial charge in [-0.05, 0) is 18.2 Å². The lowest BCUT2D eigenvalue weighted by Crippen LogP contribution is -2.36. The number of hydrogen-bond acceptors (Lipinski definition) is 5. The second-order valence-corrected chi connectivity index (χ2v) is 5.95. The lowest BCUT2D eigenvalue weighted by molar-refractivity contribution is 0.0631. The Bertz CT molecular complexity index is 700. The minimum Gasteiger partial charge on any atom is -0.396 e. The van der Waals surface area contributed by atoms with E-state index in [1.54, 1.807) is 18.2 Å². The Morgan fingerprint density at radius 2 is 2.33 bits per heavy atom. The minimum absolute atomic E-state index is 0.0258. The molecule has 2 fully saturated rings. The van der Waals surface area contributed by atoms with Gasteiger partial charge in [0.05, 0.1) is 19.8 Å². The second kappa shape index (κ2) is 4.51. The minimum atomic E-state index is -0.284. The average molecular weight is 288 g/mol. The number of aromatic amines is 1. The SMILES string of the molecule is O=C(c1ccc2n[nH]nc2c1)N1C[C@H]2COC[C@@]2(CO)C1. The number of carbonyl (C=O) groups is 1. The van der Waals surface area contributed by atoms with Gasteiger partial charge in [0.2, 0.25) is 0 Å². The van der Waals surface area contributed by atoms with Crippen molar-refractivity contribution in [1.82, 2.24) is 20.3 Å². The van der Waals surface area contributed by atoms with Crippen LogP contribution in [0.2, 0.25) is 0 Å². The van der Waals surface area contributed by atoms with Gasteiger partial charge in [0.25, 0.3) is 5.91 Å². The third-order valence-corrected chi connectivity index (χ3v) is 4.69. The van der Waals surface area contributed by atoms with Gasteiger partial charge in [0, 0.05) is 30.0 Å². The van der Waals surface area contributed by atoms with Gasteiger partial charge in [0.15, 0.2) is 0 Å². The lowest BCUT2D eigenvalue weighted by Gasteiger charge is -2.24. The van der Waals surface area contributed by atoms with Crippen molar-refractivity contribution < 1.29 is 14.6 Å². The van der Waals surface area contributed by atoms with E-state index in [0.29, 0.717) is 37.4 Å². The number of likely N-dealkylation sites (tertiary alicyclic amines) is 1. The number of aliphatic hydroxyl groups excluding tert-OH is 1. The fourth-order valence-electron chi connectivity index (χ4n) is 3.37. The highest BCUT2D eigenvalue weighted by Gasteiger charge is 2.51. The maximum atomic E-state index is 12.6. The molecule has 0 spiro atoms. The molecule has 1 aromatic carbocycles. The number of benzene rings is 1. The zero-order valence-corrected chi connectivity index (χ0v) is 11.5. The van der Waals surface area contributed by atoms with E-state index in [9.17, 15) is 9.90 Å². The van der Waals surface area contributed by atoms with E-state index in [4.69, 9.17) is 4.74 Å². The van der Waals surface area contributed by atoms with Crippen molar-refractivity contribution in [2.24, 2.45) is 11.3 Å². The summed E-state index contributed by atoms with van der Waals surface area (Å²) >= 11 is 0. The van der Waals surface area contributed by atoms with E-state index in [2.05, 4.69) is 15.4 Å². The van der Waals surface area contributed by atoms with Crippen LogP contribution in [-0.2, 0) is 4.74 Å². The molecule has 2 saturated heterocycles. The number of carbonyl (C=O) groups excluding carboxylic acids is 1. The van der Waals surface area contributed by atoms with Crippen LogP contribution in [0.15, 0.2) is 18.2 Å². The van der Waals surface area contributed by atoms with E-state index in [1.165, 1.54) is 0 Å². The lowest BCUT2D eigenvalue weighted by atomic mass is 9.82. The Labute approximate surface area is 120 Å². The second-order valence-electron chi connectivity index (χ2n) is 5.95. The van der Waals surface area contributed by atoms with E-state index in [0.717, 1.165) is 5.52 Å². The van der Waals surface area contributed by atoms with Crippen molar-refractivity contribution in [3.63, 3.8) is 0 Å². The number of hydrogen-bond donors (Lipinski definition) is 2. The molecule has 2 N–H and O–H groups in total. The highest BCUT2D eigenvalue weighted by Crippen LogP contribution is 2.41. The van der Waals surface area contributed by atoms with Crippen LogP contribution in [0.4, 0.5) is 0 Å². The monoisotopic (exact) mass is 288 g/mol. The summed E-state index contributed by atoms with van der Waals surface area (Å²) in [4.78, 5) is 14.5. The molecule has 2 aromatic rings. The normalized spacial score (nSPS) is 28.2. The maximum Gasteiger partial charge on any atom is 0.253 e. The van der Waals surface area contributed by atoms with Crippen LogP contribution in [0.3, 0.4) is 0 Å². The third kappa shape index (κ3) is 1.85. The predicted molar refractivity (Wildman–Crippen MR) is 73.6 cm³/mol. The molecular weight excluding hydrogens is 272 g/mol. The van der Waals surface area contributed by atoms with Crippen molar-refractivity contribution >= 4 is 16.9 Å². The van der Waals surface area contributed by atoms with Gasteiger partial charge in [-0.25, -0.2) is 0 Å². The van der Waals surface area contributed by atoms with Crippen LogP contribution in [0.1, 0.15) is 10.4 Å². The summed E-state index contributed by atoms with van der Waals surface area (Å²) in [6.07, 6.45) is 0. The first-order valence-electron chi connectivity index (χ1n) is 7.00. The summed E-state index contributed by atoms with van der Waals surface area (Å²) in [5, 5.41) is 20.2. The molecule has 21 heavy (non-hydrogen) atoms. The number of amides is 1. The van der Waals surface area contributed by atoms with Gasteiger partial charge >= 0.3 is 0 Å². The van der Waals surface area contributed by atoms with Crippen molar-refractivity contribution in [3.8, 4) is 0 Å². The van der Waals surface area contributed by atoms with Crippen LogP contribution in [0.25, 0.3) is 11.0 Å². The molecular formula is C14H16N4O3. The Hall–Kier alpha value is -1.99. The molecule has 0 bridgehead atoms. The van der Waals surface area contributed by atoms with Gasteiger partial charge in [0.1, 0.15) is 11.0 Å². The Balaban J connectivity index is 1.60. The highest BCUT2D eigenvalue weighted by atomic mass is 16.5. The number of nitrogens with one attached hydrogen (secondary N) is 1. The van der Waals surface area contributed by atoms with Crippen molar-refractivity contribution in [2.45, 2.75) is 0 Å². The van der Waals surface area contributed by atoms with Crippen LogP contribution in [0.5, 0.6) is 0 Å². The molecule has 7 heteroatoms. The number of H-pyrrole nitrogens is 1. The smallest absolute Gasteiger partial charge is 0.253 e. The largest absolute Gasteiger partial charge is 0.396 e. The van der Waals surface area contributed by atoms with Gasteiger partial charge in [-0.3, -0.25) is 4.79 Å². The number of ether oxygens (including phenoxy) is 1. The first-order chi connectivity index (χ1) is 10.2. The Morgan fingerprint density at radius 1 is 1.48 bits per heavy atom. The van der Waals surface area contributed by atoms with E-state index in [1.807, 2.05) is 4.90 Å².